The van der Waals surface area contributed by atoms with E-state index in [1.54, 1.807) is 29.2 Å². The Morgan fingerprint density at radius 1 is 0.943 bits per heavy atom. The molecule has 0 aromatic heterocycles. The van der Waals surface area contributed by atoms with Crippen molar-refractivity contribution in [3.63, 3.8) is 0 Å². The molecule has 3 amide bonds. The van der Waals surface area contributed by atoms with E-state index >= 15 is 0 Å². The number of anilines is 2. The maximum absolute atomic E-state index is 13.1. The van der Waals surface area contributed by atoms with Crippen molar-refractivity contribution in [2.24, 2.45) is 29.6 Å². The number of ether oxygens (including phenoxy) is 1. The fourth-order valence-electron chi connectivity index (χ4n) is 6.68. The topological polar surface area (TPSA) is 84.0 Å². The number of hydrogen-bond donors (Lipinski definition) is 0. The van der Waals surface area contributed by atoms with Gasteiger partial charge < -0.3 is 9.64 Å². The predicted octanol–water partition coefficient (Wildman–Crippen LogP) is 3.80. The maximum Gasteiger partial charge on any atom is 0.316 e. The molecule has 0 unspecified atom stereocenters. The van der Waals surface area contributed by atoms with E-state index in [4.69, 9.17) is 4.74 Å². The summed E-state index contributed by atoms with van der Waals surface area (Å²) in [6.45, 7) is 4.22. The van der Waals surface area contributed by atoms with E-state index in [0.29, 0.717) is 17.5 Å². The molecule has 35 heavy (non-hydrogen) atoms. The minimum absolute atomic E-state index is 0.0845. The van der Waals surface area contributed by atoms with Crippen LogP contribution in [0.15, 0.2) is 42.5 Å². The molecule has 5 atom stereocenters. The summed E-state index contributed by atoms with van der Waals surface area (Å²) in [6, 6.07) is 12.4. The van der Waals surface area contributed by atoms with E-state index in [-0.39, 0.29) is 48.3 Å². The first-order valence-electron chi connectivity index (χ1n) is 12.4. The molecule has 2 aromatic rings. The monoisotopic (exact) mass is 472 g/mol. The number of nitrogens with zero attached hydrogens (tertiary/aromatic N) is 2. The standard InChI is InChI=1S/C28H28N2O5/c1-15-5-3-8-22(16(15)2)29-14-19(12-23(29)31)28(34)35-21-7-4-6-20(13-21)30-26(32)24-17-9-10-18(11-17)25(24)27(30)33/h3-8,13,17-19,24-25H,9-12,14H2,1-2H3/t17-,18-,19+,24-,25-/m0/s1. The minimum Gasteiger partial charge on any atom is -0.426 e. The number of aryl methyl sites for hydroxylation is 1. The SMILES string of the molecule is Cc1cccc(N2C[C@H](C(=O)Oc3cccc(N4C(=O)[C@H]5[C@H]6CC[C@@H](C6)[C@@H]5C4=O)c3)CC2=O)c1C. The average Bonchev–Trinajstić information content (AvgIpc) is 3.59. The smallest absolute Gasteiger partial charge is 0.316 e. The van der Waals surface area contributed by atoms with E-state index in [0.717, 1.165) is 36.1 Å². The Kier molecular flexibility index (Phi) is 5.06. The highest BCUT2D eigenvalue weighted by molar-refractivity contribution is 6.22. The number of carbonyl (C=O) groups excluding carboxylic acids is 4. The van der Waals surface area contributed by atoms with Crippen LogP contribution >= 0.6 is 0 Å². The van der Waals surface area contributed by atoms with Crippen molar-refractivity contribution in [2.75, 3.05) is 16.3 Å². The van der Waals surface area contributed by atoms with Crippen LogP contribution in [0.3, 0.4) is 0 Å². The van der Waals surface area contributed by atoms with E-state index in [1.807, 2.05) is 32.0 Å². The van der Waals surface area contributed by atoms with Gasteiger partial charge in [0.2, 0.25) is 17.7 Å². The third kappa shape index (κ3) is 3.39. The third-order valence-electron chi connectivity index (χ3n) is 8.55. The van der Waals surface area contributed by atoms with Crippen molar-refractivity contribution in [1.82, 2.24) is 0 Å². The Bertz CT molecular complexity index is 1240. The van der Waals surface area contributed by atoms with Gasteiger partial charge in [-0.1, -0.05) is 18.2 Å². The molecule has 0 radical (unpaired) electrons. The van der Waals surface area contributed by atoms with Crippen LogP contribution in [0, 0.1) is 43.4 Å². The Balaban J connectivity index is 1.17. The molecule has 2 bridgehead atoms. The van der Waals surface area contributed by atoms with Gasteiger partial charge in [-0.3, -0.25) is 19.2 Å². The van der Waals surface area contributed by atoms with Gasteiger partial charge >= 0.3 is 5.97 Å². The molecule has 7 nitrogen and oxygen atoms in total. The fraction of sp³-hybridized carbons (Fsp3) is 0.429. The number of esters is 1. The van der Waals surface area contributed by atoms with Crippen LogP contribution in [0.4, 0.5) is 11.4 Å². The molecule has 2 aromatic carbocycles. The van der Waals surface area contributed by atoms with Crippen LogP contribution < -0.4 is 14.5 Å². The Morgan fingerprint density at radius 2 is 1.63 bits per heavy atom. The maximum atomic E-state index is 13.1. The van der Waals surface area contributed by atoms with Crippen molar-refractivity contribution < 1.29 is 23.9 Å². The second kappa shape index (κ2) is 8.04. The molecular weight excluding hydrogens is 444 g/mol. The Labute approximate surface area is 204 Å². The van der Waals surface area contributed by atoms with Crippen molar-refractivity contribution in [1.29, 1.82) is 0 Å². The third-order valence-corrected chi connectivity index (χ3v) is 8.55. The van der Waals surface area contributed by atoms with E-state index in [9.17, 15) is 19.2 Å². The molecule has 2 heterocycles. The Morgan fingerprint density at radius 3 is 2.34 bits per heavy atom. The first-order valence-corrected chi connectivity index (χ1v) is 12.4. The van der Waals surface area contributed by atoms with E-state index < -0.39 is 11.9 Å². The minimum atomic E-state index is -0.587. The van der Waals surface area contributed by atoms with Gasteiger partial charge in [0.05, 0.1) is 23.4 Å². The number of imide groups is 1. The lowest BCUT2D eigenvalue weighted by Crippen LogP contribution is -2.32. The second-order valence-corrected chi connectivity index (χ2v) is 10.4. The van der Waals surface area contributed by atoms with Gasteiger partial charge in [-0.15, -0.1) is 0 Å². The fourth-order valence-corrected chi connectivity index (χ4v) is 6.68. The van der Waals surface area contributed by atoms with Gasteiger partial charge in [-0.2, -0.15) is 0 Å². The summed E-state index contributed by atoms with van der Waals surface area (Å²) in [5, 5.41) is 0. The summed E-state index contributed by atoms with van der Waals surface area (Å²) >= 11 is 0. The number of hydrogen-bond acceptors (Lipinski definition) is 5. The molecular formula is C28H28N2O5. The largest absolute Gasteiger partial charge is 0.426 e. The lowest BCUT2D eigenvalue weighted by Gasteiger charge is -2.20. The van der Waals surface area contributed by atoms with Crippen LogP contribution in [0.2, 0.25) is 0 Å². The zero-order chi connectivity index (χ0) is 24.4. The number of carbonyl (C=O) groups is 4. The lowest BCUT2D eigenvalue weighted by atomic mass is 9.81. The Hall–Kier alpha value is -3.48. The van der Waals surface area contributed by atoms with Crippen LogP contribution in [0.25, 0.3) is 0 Å². The summed E-state index contributed by atoms with van der Waals surface area (Å²) < 4.78 is 5.64. The highest BCUT2D eigenvalue weighted by atomic mass is 16.5. The summed E-state index contributed by atoms with van der Waals surface area (Å²) in [5.74, 6) is -0.939. The van der Waals surface area contributed by atoms with Gasteiger partial charge in [0, 0.05) is 24.7 Å². The summed E-state index contributed by atoms with van der Waals surface area (Å²) in [6.07, 6.45) is 3.11. The molecule has 180 valence electrons. The predicted molar refractivity (Wildman–Crippen MR) is 129 cm³/mol. The molecule has 2 aliphatic carbocycles. The molecule has 2 saturated carbocycles. The van der Waals surface area contributed by atoms with Crippen molar-refractivity contribution in [3.05, 3.63) is 53.6 Å². The molecule has 6 rings (SSSR count). The summed E-state index contributed by atoms with van der Waals surface area (Å²) in [4.78, 5) is 54.9. The first kappa shape index (κ1) is 22.0. The van der Waals surface area contributed by atoms with Gasteiger partial charge in [0.15, 0.2) is 0 Å². The quantitative estimate of drug-likeness (QED) is 0.384. The van der Waals surface area contributed by atoms with Gasteiger partial charge in [0.25, 0.3) is 0 Å². The summed E-state index contributed by atoms with van der Waals surface area (Å²) in [5.41, 5.74) is 3.36. The van der Waals surface area contributed by atoms with Crippen molar-refractivity contribution >= 4 is 35.1 Å². The molecule has 4 aliphatic rings. The molecule has 0 spiro atoms. The van der Waals surface area contributed by atoms with Gasteiger partial charge in [-0.25, -0.2) is 4.90 Å². The molecule has 7 heteroatoms. The van der Waals surface area contributed by atoms with Crippen LogP contribution in [0.1, 0.15) is 36.8 Å². The van der Waals surface area contributed by atoms with Crippen LogP contribution in [-0.2, 0) is 19.2 Å². The zero-order valence-electron chi connectivity index (χ0n) is 19.9. The molecule has 2 aliphatic heterocycles. The number of amides is 3. The van der Waals surface area contributed by atoms with Gasteiger partial charge in [0.1, 0.15) is 5.75 Å². The van der Waals surface area contributed by atoms with E-state index in [2.05, 4.69) is 0 Å². The van der Waals surface area contributed by atoms with Crippen molar-refractivity contribution in [2.45, 2.75) is 39.5 Å². The normalized spacial score (nSPS) is 29.3. The van der Waals surface area contributed by atoms with Crippen molar-refractivity contribution in [3.8, 4) is 5.75 Å². The average molecular weight is 473 g/mol. The summed E-state index contributed by atoms with van der Waals surface area (Å²) in [7, 11) is 0. The molecule has 0 N–H and O–H groups in total. The lowest BCUT2D eigenvalue weighted by molar-refractivity contribution is -0.139. The molecule has 2 saturated heterocycles. The van der Waals surface area contributed by atoms with E-state index in [1.165, 1.54) is 4.90 Å². The second-order valence-electron chi connectivity index (χ2n) is 10.4. The molecule has 4 fully saturated rings. The highest BCUT2D eigenvalue weighted by Crippen LogP contribution is 2.56. The first-order chi connectivity index (χ1) is 16.8. The highest BCUT2D eigenvalue weighted by Gasteiger charge is 2.61. The van der Waals surface area contributed by atoms with Crippen LogP contribution in [-0.4, -0.2) is 30.2 Å². The van der Waals surface area contributed by atoms with Crippen LogP contribution in [0.5, 0.6) is 5.75 Å². The number of benzene rings is 2. The van der Waals surface area contributed by atoms with Gasteiger partial charge in [-0.05, 0) is 74.3 Å². The zero-order valence-corrected chi connectivity index (χ0v) is 19.9. The number of rotatable bonds is 4. The number of fused-ring (bicyclic) bond motifs is 5.